The highest BCUT2D eigenvalue weighted by atomic mass is 79.9. The Bertz CT molecular complexity index is 368. The van der Waals surface area contributed by atoms with Gasteiger partial charge in [0.2, 0.25) is 5.91 Å². The molecule has 0 radical (unpaired) electrons. The molecular weight excluding hydrogens is 280 g/mol. The predicted octanol–water partition coefficient (Wildman–Crippen LogP) is 3.29. The number of aromatic nitrogens is 1. The molecule has 94 valence electrons. The molecular formula is C13H19BrN2O. The van der Waals surface area contributed by atoms with Gasteiger partial charge in [-0.2, -0.15) is 0 Å². The van der Waals surface area contributed by atoms with Crippen molar-refractivity contribution in [3.63, 3.8) is 0 Å². The van der Waals surface area contributed by atoms with Crippen molar-refractivity contribution in [2.24, 2.45) is 5.92 Å². The molecule has 1 aromatic rings. The maximum atomic E-state index is 11.8. The number of unbranched alkanes of at least 4 members (excludes halogenated alkanes) is 1. The van der Waals surface area contributed by atoms with E-state index < -0.39 is 0 Å². The summed E-state index contributed by atoms with van der Waals surface area (Å²) in [5.41, 5.74) is 0.871. The van der Waals surface area contributed by atoms with Crippen molar-refractivity contribution < 1.29 is 4.79 Å². The van der Waals surface area contributed by atoms with Crippen molar-refractivity contribution in [1.82, 2.24) is 10.3 Å². The summed E-state index contributed by atoms with van der Waals surface area (Å²) in [4.78, 5) is 15.9. The summed E-state index contributed by atoms with van der Waals surface area (Å²) in [6.07, 6.45) is 4.91. The Morgan fingerprint density at radius 1 is 1.59 bits per heavy atom. The fourth-order valence-corrected chi connectivity index (χ4v) is 1.92. The zero-order valence-corrected chi connectivity index (χ0v) is 12.0. The van der Waals surface area contributed by atoms with Crippen molar-refractivity contribution in [2.75, 3.05) is 0 Å². The second-order valence-electron chi connectivity index (χ2n) is 4.23. The largest absolute Gasteiger partial charge is 0.350 e. The lowest BCUT2D eigenvalue weighted by molar-refractivity contribution is -0.124. The minimum absolute atomic E-state index is 0.0853. The third-order valence-electron chi connectivity index (χ3n) is 2.66. The fraction of sp³-hybridized carbons (Fsp3) is 0.538. The van der Waals surface area contributed by atoms with Crippen LogP contribution in [0.1, 0.15) is 38.8 Å². The molecule has 0 spiro atoms. The molecule has 1 atom stereocenters. The van der Waals surface area contributed by atoms with Crippen molar-refractivity contribution in [3.05, 3.63) is 28.5 Å². The van der Waals surface area contributed by atoms with Gasteiger partial charge in [0.1, 0.15) is 0 Å². The highest BCUT2D eigenvalue weighted by molar-refractivity contribution is 9.10. The Kier molecular flexibility index (Phi) is 6.19. The molecule has 0 fully saturated rings. The van der Waals surface area contributed by atoms with Crippen LogP contribution < -0.4 is 5.32 Å². The average molecular weight is 299 g/mol. The maximum absolute atomic E-state index is 11.8. The van der Waals surface area contributed by atoms with Crippen LogP contribution in [-0.2, 0) is 11.3 Å². The average Bonchev–Trinajstić information content (AvgIpc) is 2.33. The first-order valence-electron chi connectivity index (χ1n) is 6.01. The van der Waals surface area contributed by atoms with Crippen LogP contribution in [-0.4, -0.2) is 10.9 Å². The second kappa shape index (κ2) is 7.43. The van der Waals surface area contributed by atoms with Gasteiger partial charge in [0.25, 0.3) is 0 Å². The summed E-state index contributed by atoms with van der Waals surface area (Å²) in [5.74, 6) is 0.197. The highest BCUT2D eigenvalue weighted by Gasteiger charge is 2.11. The zero-order chi connectivity index (χ0) is 12.7. The quantitative estimate of drug-likeness (QED) is 0.876. The number of carbonyl (C=O) groups is 1. The number of hydrogen-bond acceptors (Lipinski definition) is 2. The number of hydrogen-bond donors (Lipinski definition) is 1. The molecule has 0 aliphatic rings. The number of nitrogens with zero attached hydrogens (tertiary/aromatic N) is 1. The fourth-order valence-electron chi connectivity index (χ4n) is 1.54. The van der Waals surface area contributed by atoms with Crippen LogP contribution >= 0.6 is 15.9 Å². The van der Waals surface area contributed by atoms with E-state index in [-0.39, 0.29) is 11.8 Å². The van der Waals surface area contributed by atoms with Gasteiger partial charge < -0.3 is 5.32 Å². The van der Waals surface area contributed by atoms with E-state index in [9.17, 15) is 4.79 Å². The lowest BCUT2D eigenvalue weighted by Gasteiger charge is -2.11. The molecule has 1 N–H and O–H groups in total. The normalized spacial score (nSPS) is 12.2. The molecule has 1 aromatic heterocycles. The monoisotopic (exact) mass is 298 g/mol. The highest BCUT2D eigenvalue weighted by Crippen LogP contribution is 2.10. The number of amides is 1. The number of nitrogens with one attached hydrogen (secondary N) is 1. The minimum Gasteiger partial charge on any atom is -0.350 e. The smallest absolute Gasteiger partial charge is 0.223 e. The Morgan fingerprint density at radius 3 is 3.00 bits per heavy atom. The zero-order valence-electron chi connectivity index (χ0n) is 10.4. The first-order valence-corrected chi connectivity index (χ1v) is 6.81. The van der Waals surface area contributed by atoms with Crippen molar-refractivity contribution in [2.45, 2.75) is 39.7 Å². The molecule has 0 bridgehead atoms. The lowest BCUT2D eigenvalue weighted by Crippen LogP contribution is -2.29. The molecule has 0 saturated heterocycles. The van der Waals surface area contributed by atoms with Gasteiger partial charge in [0.05, 0.1) is 12.2 Å². The topological polar surface area (TPSA) is 42.0 Å². The van der Waals surface area contributed by atoms with Gasteiger partial charge in [-0.25, -0.2) is 0 Å². The van der Waals surface area contributed by atoms with E-state index in [2.05, 4.69) is 33.2 Å². The van der Waals surface area contributed by atoms with Crippen molar-refractivity contribution >= 4 is 21.8 Å². The van der Waals surface area contributed by atoms with Crippen molar-refractivity contribution in [3.8, 4) is 0 Å². The van der Waals surface area contributed by atoms with Gasteiger partial charge in [-0.3, -0.25) is 9.78 Å². The summed E-state index contributed by atoms with van der Waals surface area (Å²) in [6, 6.07) is 3.78. The summed E-state index contributed by atoms with van der Waals surface area (Å²) >= 11 is 3.38. The van der Waals surface area contributed by atoms with E-state index in [1.54, 1.807) is 6.20 Å². The van der Waals surface area contributed by atoms with Crippen LogP contribution in [0.25, 0.3) is 0 Å². The van der Waals surface area contributed by atoms with Gasteiger partial charge in [0, 0.05) is 16.6 Å². The summed E-state index contributed by atoms with van der Waals surface area (Å²) in [6.45, 7) is 4.60. The van der Waals surface area contributed by atoms with E-state index in [0.717, 1.165) is 29.4 Å². The molecule has 0 aliphatic heterocycles. The molecule has 0 aliphatic carbocycles. The SMILES string of the molecule is CCCC[C@H](C)C(=O)NCc1cc(Br)ccn1. The Hall–Kier alpha value is -0.900. The molecule has 1 amide bonds. The first-order chi connectivity index (χ1) is 8.13. The van der Waals surface area contributed by atoms with Gasteiger partial charge in [-0.1, -0.05) is 42.6 Å². The molecule has 0 unspecified atom stereocenters. The van der Waals surface area contributed by atoms with Crippen molar-refractivity contribution in [1.29, 1.82) is 0 Å². The van der Waals surface area contributed by atoms with Crippen LogP contribution in [0, 0.1) is 5.92 Å². The second-order valence-corrected chi connectivity index (χ2v) is 5.14. The lowest BCUT2D eigenvalue weighted by atomic mass is 10.0. The first kappa shape index (κ1) is 14.2. The molecule has 3 nitrogen and oxygen atoms in total. The molecule has 1 heterocycles. The van der Waals surface area contributed by atoms with Crippen LogP contribution in [0.15, 0.2) is 22.8 Å². The molecule has 17 heavy (non-hydrogen) atoms. The van der Waals surface area contributed by atoms with E-state index in [1.807, 2.05) is 19.1 Å². The number of carbonyl (C=O) groups excluding carboxylic acids is 1. The Morgan fingerprint density at radius 2 is 2.35 bits per heavy atom. The molecule has 1 rings (SSSR count). The molecule has 0 saturated carbocycles. The number of pyridine rings is 1. The maximum Gasteiger partial charge on any atom is 0.223 e. The van der Waals surface area contributed by atoms with Crippen LogP contribution in [0.3, 0.4) is 0 Å². The molecule has 0 aromatic carbocycles. The van der Waals surface area contributed by atoms with Gasteiger partial charge in [0.15, 0.2) is 0 Å². The van der Waals surface area contributed by atoms with Crippen LogP contribution in [0.2, 0.25) is 0 Å². The van der Waals surface area contributed by atoms with E-state index >= 15 is 0 Å². The predicted molar refractivity (Wildman–Crippen MR) is 72.5 cm³/mol. The minimum atomic E-state index is 0.0853. The molecule has 4 heteroatoms. The van der Waals surface area contributed by atoms with E-state index in [0.29, 0.717) is 6.54 Å². The van der Waals surface area contributed by atoms with Crippen LogP contribution in [0.5, 0.6) is 0 Å². The Balaban J connectivity index is 2.37. The van der Waals surface area contributed by atoms with E-state index in [4.69, 9.17) is 0 Å². The van der Waals surface area contributed by atoms with Crippen LogP contribution in [0.4, 0.5) is 0 Å². The van der Waals surface area contributed by atoms with Gasteiger partial charge in [-0.05, 0) is 18.6 Å². The summed E-state index contributed by atoms with van der Waals surface area (Å²) < 4.78 is 0.982. The Labute approximate surface area is 111 Å². The van der Waals surface area contributed by atoms with E-state index in [1.165, 1.54) is 0 Å². The number of halogens is 1. The third kappa shape index (κ3) is 5.31. The summed E-state index contributed by atoms with van der Waals surface area (Å²) in [7, 11) is 0. The third-order valence-corrected chi connectivity index (χ3v) is 3.15. The number of rotatable bonds is 6. The standard InChI is InChI=1S/C13H19BrN2O/c1-3-4-5-10(2)13(17)16-9-12-8-11(14)6-7-15-12/h6-8,10H,3-5,9H2,1-2H3,(H,16,17)/t10-/m0/s1. The summed E-state index contributed by atoms with van der Waals surface area (Å²) in [5, 5.41) is 2.91. The van der Waals surface area contributed by atoms with Gasteiger partial charge in [-0.15, -0.1) is 0 Å². The van der Waals surface area contributed by atoms with Gasteiger partial charge >= 0.3 is 0 Å².